The summed E-state index contributed by atoms with van der Waals surface area (Å²) in [6.45, 7) is 5.08. The molecule has 3 heteroatoms. The smallest absolute Gasteiger partial charge is 0.107 e. The fourth-order valence-corrected chi connectivity index (χ4v) is 1.83. The van der Waals surface area contributed by atoms with Crippen molar-refractivity contribution in [3.05, 3.63) is 17.2 Å². The van der Waals surface area contributed by atoms with Gasteiger partial charge in [0.15, 0.2) is 0 Å². The first-order chi connectivity index (χ1) is 6.72. The first-order valence-electron chi connectivity index (χ1n) is 5.51. The van der Waals surface area contributed by atoms with Gasteiger partial charge in [-0.3, -0.25) is 0 Å². The van der Waals surface area contributed by atoms with Crippen LogP contribution in [0, 0.1) is 0 Å². The van der Waals surface area contributed by atoms with Gasteiger partial charge in [0.1, 0.15) is 5.82 Å². The number of hydrogen-bond donors (Lipinski definition) is 2. The molecule has 3 nitrogen and oxygen atoms in total. The predicted octanol–water partition coefficient (Wildman–Crippen LogP) is 1.91. The second-order valence-corrected chi connectivity index (χ2v) is 4.45. The van der Waals surface area contributed by atoms with E-state index in [0.717, 1.165) is 18.2 Å². The van der Waals surface area contributed by atoms with E-state index < -0.39 is 0 Å². The minimum Gasteiger partial charge on any atom is -0.345 e. The largest absolute Gasteiger partial charge is 0.345 e. The number of rotatable bonds is 4. The van der Waals surface area contributed by atoms with Crippen molar-refractivity contribution >= 4 is 0 Å². The van der Waals surface area contributed by atoms with Crippen LogP contribution in [0.25, 0.3) is 0 Å². The highest BCUT2D eigenvalue weighted by Gasteiger charge is 2.29. The molecule has 0 bridgehead atoms. The zero-order valence-corrected chi connectivity index (χ0v) is 9.01. The minimum absolute atomic E-state index is 0.522. The number of nitrogens with two attached hydrogens (primary N) is 1. The number of aromatic amines is 1. The van der Waals surface area contributed by atoms with E-state index in [-0.39, 0.29) is 0 Å². The Morgan fingerprint density at radius 3 is 2.71 bits per heavy atom. The molecule has 0 radical (unpaired) electrons. The molecule has 1 fully saturated rings. The lowest BCUT2D eigenvalue weighted by Gasteiger charge is -2.02. The number of imidazole rings is 1. The summed E-state index contributed by atoms with van der Waals surface area (Å²) in [7, 11) is 0. The molecule has 0 aliphatic heterocycles. The fraction of sp³-hybridized carbons (Fsp3) is 0.727. The molecule has 0 spiro atoms. The van der Waals surface area contributed by atoms with Gasteiger partial charge in [0, 0.05) is 18.0 Å². The topological polar surface area (TPSA) is 54.7 Å². The maximum Gasteiger partial charge on any atom is 0.107 e. The molecule has 78 valence electrons. The molecule has 1 saturated carbocycles. The molecule has 0 saturated heterocycles. The van der Waals surface area contributed by atoms with Crippen LogP contribution in [0.4, 0.5) is 0 Å². The monoisotopic (exact) mass is 193 g/mol. The molecular formula is C11H19N3. The predicted molar refractivity (Wildman–Crippen MR) is 57.4 cm³/mol. The standard InChI is InChI=1S/C11H19N3/c1-7(2)10-11(8-3-4-8)14-9(13-10)5-6-12/h7-8H,3-6,12H2,1-2H3,(H,13,14). The zero-order chi connectivity index (χ0) is 10.1. The average Bonchev–Trinajstić information content (AvgIpc) is 2.88. The van der Waals surface area contributed by atoms with Crippen LogP contribution in [0.15, 0.2) is 0 Å². The fourth-order valence-electron chi connectivity index (χ4n) is 1.83. The van der Waals surface area contributed by atoms with Crippen molar-refractivity contribution in [3.63, 3.8) is 0 Å². The van der Waals surface area contributed by atoms with Gasteiger partial charge in [-0.05, 0) is 25.3 Å². The molecule has 2 rings (SSSR count). The van der Waals surface area contributed by atoms with E-state index in [1.807, 2.05) is 0 Å². The van der Waals surface area contributed by atoms with E-state index in [2.05, 4.69) is 23.8 Å². The molecule has 1 aliphatic rings. The number of hydrogen-bond acceptors (Lipinski definition) is 2. The van der Waals surface area contributed by atoms with Gasteiger partial charge in [0.05, 0.1) is 5.69 Å². The van der Waals surface area contributed by atoms with Gasteiger partial charge >= 0.3 is 0 Å². The normalized spacial score (nSPS) is 16.6. The van der Waals surface area contributed by atoms with Crippen molar-refractivity contribution in [1.82, 2.24) is 9.97 Å². The van der Waals surface area contributed by atoms with Gasteiger partial charge < -0.3 is 10.7 Å². The molecule has 1 heterocycles. The Labute approximate surface area is 85.1 Å². The van der Waals surface area contributed by atoms with Crippen molar-refractivity contribution in [2.45, 2.75) is 44.9 Å². The second-order valence-electron chi connectivity index (χ2n) is 4.45. The summed E-state index contributed by atoms with van der Waals surface area (Å²) in [5.74, 6) is 2.35. The van der Waals surface area contributed by atoms with Crippen LogP contribution in [-0.4, -0.2) is 16.5 Å². The van der Waals surface area contributed by atoms with Gasteiger partial charge in [0.2, 0.25) is 0 Å². The molecule has 0 atom stereocenters. The molecule has 1 aromatic heterocycles. The maximum atomic E-state index is 5.53. The number of aromatic nitrogens is 2. The molecule has 0 aromatic carbocycles. The summed E-state index contributed by atoms with van der Waals surface area (Å²) in [5.41, 5.74) is 8.17. The van der Waals surface area contributed by atoms with Crippen LogP contribution in [-0.2, 0) is 6.42 Å². The summed E-state index contributed by atoms with van der Waals surface area (Å²) in [6.07, 6.45) is 3.51. The van der Waals surface area contributed by atoms with Gasteiger partial charge in [-0.25, -0.2) is 4.98 Å². The van der Waals surface area contributed by atoms with Crippen LogP contribution < -0.4 is 5.73 Å². The van der Waals surface area contributed by atoms with Gasteiger partial charge in [-0.1, -0.05) is 13.8 Å². The summed E-state index contributed by atoms with van der Waals surface area (Å²) in [4.78, 5) is 8.06. The number of nitrogens with one attached hydrogen (secondary N) is 1. The van der Waals surface area contributed by atoms with Crippen molar-refractivity contribution < 1.29 is 0 Å². The number of nitrogens with zero attached hydrogens (tertiary/aromatic N) is 1. The van der Waals surface area contributed by atoms with E-state index >= 15 is 0 Å². The first kappa shape index (κ1) is 9.71. The second kappa shape index (κ2) is 3.73. The maximum absolute atomic E-state index is 5.53. The quantitative estimate of drug-likeness (QED) is 0.767. The molecule has 14 heavy (non-hydrogen) atoms. The van der Waals surface area contributed by atoms with Gasteiger partial charge in [-0.15, -0.1) is 0 Å². The minimum atomic E-state index is 0.522. The molecular weight excluding hydrogens is 174 g/mol. The van der Waals surface area contributed by atoms with Crippen LogP contribution in [0.3, 0.4) is 0 Å². The molecule has 3 N–H and O–H groups in total. The lowest BCUT2D eigenvalue weighted by molar-refractivity contribution is 0.801. The molecule has 1 aromatic rings. The third kappa shape index (κ3) is 1.82. The van der Waals surface area contributed by atoms with E-state index in [1.165, 1.54) is 24.2 Å². The van der Waals surface area contributed by atoms with E-state index in [1.54, 1.807) is 0 Å². The van der Waals surface area contributed by atoms with Crippen molar-refractivity contribution in [2.75, 3.05) is 6.54 Å². The summed E-state index contributed by atoms with van der Waals surface area (Å²) < 4.78 is 0. The highest BCUT2D eigenvalue weighted by atomic mass is 15.0. The third-order valence-electron chi connectivity index (χ3n) is 2.72. The summed E-state index contributed by atoms with van der Waals surface area (Å²) in [6, 6.07) is 0. The Balaban J connectivity index is 2.25. The summed E-state index contributed by atoms with van der Waals surface area (Å²) in [5, 5.41) is 0. The van der Waals surface area contributed by atoms with Crippen LogP contribution in [0.1, 0.15) is 55.7 Å². The van der Waals surface area contributed by atoms with Crippen LogP contribution in [0.5, 0.6) is 0 Å². The van der Waals surface area contributed by atoms with Crippen molar-refractivity contribution in [1.29, 1.82) is 0 Å². The van der Waals surface area contributed by atoms with E-state index in [9.17, 15) is 0 Å². The van der Waals surface area contributed by atoms with Crippen molar-refractivity contribution in [2.24, 2.45) is 5.73 Å². The molecule has 0 amide bonds. The summed E-state index contributed by atoms with van der Waals surface area (Å²) >= 11 is 0. The number of H-pyrrole nitrogens is 1. The first-order valence-corrected chi connectivity index (χ1v) is 5.51. The molecule has 0 unspecified atom stereocenters. The van der Waals surface area contributed by atoms with Crippen LogP contribution in [0.2, 0.25) is 0 Å². The highest BCUT2D eigenvalue weighted by Crippen LogP contribution is 2.42. The van der Waals surface area contributed by atoms with Gasteiger partial charge in [-0.2, -0.15) is 0 Å². The lowest BCUT2D eigenvalue weighted by Crippen LogP contribution is -2.04. The zero-order valence-electron chi connectivity index (χ0n) is 9.01. The average molecular weight is 193 g/mol. The third-order valence-corrected chi connectivity index (χ3v) is 2.72. The van der Waals surface area contributed by atoms with Crippen LogP contribution >= 0.6 is 0 Å². The Bertz CT molecular complexity index is 291. The van der Waals surface area contributed by atoms with E-state index in [0.29, 0.717) is 12.5 Å². The van der Waals surface area contributed by atoms with Crippen molar-refractivity contribution in [3.8, 4) is 0 Å². The Kier molecular flexibility index (Phi) is 2.59. The Morgan fingerprint density at radius 2 is 2.21 bits per heavy atom. The Morgan fingerprint density at radius 1 is 1.50 bits per heavy atom. The van der Waals surface area contributed by atoms with Gasteiger partial charge in [0.25, 0.3) is 0 Å². The highest BCUT2D eigenvalue weighted by molar-refractivity contribution is 5.25. The lowest BCUT2D eigenvalue weighted by atomic mass is 10.1. The van der Waals surface area contributed by atoms with E-state index in [4.69, 9.17) is 5.73 Å². The SMILES string of the molecule is CC(C)c1nc(CCN)[nH]c1C1CC1. The Hall–Kier alpha value is -0.830. The molecule has 1 aliphatic carbocycles.